The van der Waals surface area contributed by atoms with Gasteiger partial charge in [-0.25, -0.2) is 4.90 Å². The Kier molecular flexibility index (Phi) is 7.14. The topological polar surface area (TPSA) is 41.1 Å². The summed E-state index contributed by atoms with van der Waals surface area (Å²) in [6.07, 6.45) is 0. The highest BCUT2D eigenvalue weighted by atomic mass is 32.1. The molecule has 0 saturated carbocycles. The number of hydrogen-bond donors (Lipinski definition) is 1. The number of hydrogen-bond acceptors (Lipinski definition) is 2. The summed E-state index contributed by atoms with van der Waals surface area (Å²) in [5, 5.41) is 13.6. The van der Waals surface area contributed by atoms with Gasteiger partial charge in [0.05, 0.1) is 17.2 Å². The van der Waals surface area contributed by atoms with Crippen molar-refractivity contribution in [1.82, 2.24) is 4.98 Å². The normalized spacial score (nSPS) is 12.1. The van der Waals surface area contributed by atoms with Crippen molar-refractivity contribution in [3.63, 3.8) is 0 Å². The van der Waals surface area contributed by atoms with Gasteiger partial charge < -0.3 is 0 Å². The van der Waals surface area contributed by atoms with Gasteiger partial charge in [-0.3, -0.25) is 0 Å². The molecule has 1 aliphatic rings. The zero-order valence-corrected chi connectivity index (χ0v) is 29.0. The van der Waals surface area contributed by atoms with E-state index in [1.165, 1.54) is 48.7 Å². The number of nitrogens with one attached hydrogen (secondary N) is 1. The SMILES string of the molecule is N#Cc1cc(-c2ccc([NH+]3c4ccccc4-c4ccccc43)cc2)cc(-c2ccc(-c3ccc(-c4nc5ccccc5[sH+]4)cc3)c3ccccc23)c1. The number of para-hydroxylation sites is 3. The highest BCUT2D eigenvalue weighted by molar-refractivity contribution is 7.21. The monoisotopic (exact) mass is 681 g/mol. The molecule has 3 nitrogen and oxygen atoms in total. The standard InChI is InChI=1S/C48H29N3S/c49-30-31-27-35(32-21-23-37(24-22-32)51-45-14-6-3-11-42(45)43-12-4-7-15-46(43)51)29-36(28-31)39-26-25-38(40-9-1-2-10-41(39)40)33-17-19-34(20-18-33)48-50-44-13-5-8-16-47(44)52-48/h1-29H/p+2. The zero-order valence-electron chi connectivity index (χ0n) is 28.1. The Bertz CT molecular complexity index is 2780. The maximum atomic E-state index is 10.1. The lowest BCUT2D eigenvalue weighted by Gasteiger charge is -2.15. The Balaban J connectivity index is 1.00. The van der Waals surface area contributed by atoms with E-state index in [1.54, 1.807) is 0 Å². The van der Waals surface area contributed by atoms with Crippen molar-refractivity contribution in [1.29, 1.82) is 5.26 Å². The molecule has 0 spiro atoms. The molecule has 0 amide bonds. The third kappa shape index (κ3) is 5.03. The minimum atomic E-state index is 0.643. The second-order valence-electron chi connectivity index (χ2n) is 13.3. The van der Waals surface area contributed by atoms with Crippen molar-refractivity contribution in [2.75, 3.05) is 0 Å². The number of fused-ring (bicyclic) bond motifs is 5. The number of aromatic nitrogens is 1. The molecule has 0 saturated heterocycles. The van der Waals surface area contributed by atoms with E-state index in [4.69, 9.17) is 4.98 Å². The van der Waals surface area contributed by atoms with Crippen LogP contribution in [0.1, 0.15) is 5.56 Å². The average Bonchev–Trinajstić information content (AvgIpc) is 3.80. The number of quaternary nitrogens is 1. The summed E-state index contributed by atoms with van der Waals surface area (Å²) >= 11 is 1.15. The van der Waals surface area contributed by atoms with Crippen LogP contribution in [0.25, 0.3) is 76.1 Å². The molecule has 242 valence electrons. The molecule has 1 aromatic heterocycles. The van der Waals surface area contributed by atoms with Crippen LogP contribution in [0.2, 0.25) is 0 Å². The Labute approximate surface area is 306 Å². The van der Waals surface area contributed by atoms with Gasteiger partial charge in [0.1, 0.15) is 22.6 Å². The molecular weight excluding hydrogens is 651 g/mol. The molecule has 10 rings (SSSR count). The summed E-state index contributed by atoms with van der Waals surface area (Å²) in [7, 11) is 0. The molecule has 0 fully saturated rings. The third-order valence-electron chi connectivity index (χ3n) is 10.3. The van der Waals surface area contributed by atoms with Gasteiger partial charge in [0.25, 0.3) is 5.01 Å². The predicted octanol–water partition coefficient (Wildman–Crippen LogP) is 11.9. The van der Waals surface area contributed by atoms with Gasteiger partial charge in [-0.15, -0.1) is 0 Å². The summed E-state index contributed by atoms with van der Waals surface area (Å²) in [6.45, 7) is 0. The van der Waals surface area contributed by atoms with Crippen LogP contribution in [0.4, 0.5) is 17.1 Å². The van der Waals surface area contributed by atoms with Crippen molar-refractivity contribution in [3.05, 3.63) is 181 Å². The lowest BCUT2D eigenvalue weighted by Crippen LogP contribution is -2.95. The van der Waals surface area contributed by atoms with Gasteiger partial charge >= 0.3 is 0 Å². The minimum Gasteiger partial charge on any atom is -0.237 e. The van der Waals surface area contributed by atoms with Crippen molar-refractivity contribution in [2.24, 2.45) is 0 Å². The number of benzene rings is 8. The van der Waals surface area contributed by atoms with E-state index in [0.29, 0.717) is 5.56 Å². The van der Waals surface area contributed by atoms with Crippen LogP contribution in [0.5, 0.6) is 0 Å². The largest absolute Gasteiger partial charge is 0.272 e. The van der Waals surface area contributed by atoms with Gasteiger partial charge in [-0.2, -0.15) is 10.2 Å². The molecule has 9 aromatic rings. The second-order valence-corrected chi connectivity index (χ2v) is 14.4. The Morgan fingerprint density at radius 2 is 1.02 bits per heavy atom. The van der Waals surface area contributed by atoms with E-state index in [9.17, 15) is 5.26 Å². The van der Waals surface area contributed by atoms with Gasteiger partial charge in [-0.05, 0) is 116 Å². The maximum Gasteiger partial charge on any atom is 0.272 e. The quantitative estimate of drug-likeness (QED) is 0.184. The molecule has 1 N–H and O–H groups in total. The molecule has 8 aromatic carbocycles. The van der Waals surface area contributed by atoms with Crippen LogP contribution in [0.3, 0.4) is 0 Å². The predicted molar refractivity (Wildman–Crippen MR) is 217 cm³/mol. The summed E-state index contributed by atoms with van der Waals surface area (Å²) in [5.74, 6) is 0. The fraction of sp³-hybridized carbons (Fsp3) is 0. The first-order chi connectivity index (χ1) is 25.7. The summed E-state index contributed by atoms with van der Waals surface area (Å²) < 4.78 is 1.25. The van der Waals surface area contributed by atoms with Gasteiger partial charge in [0.15, 0.2) is 4.70 Å². The van der Waals surface area contributed by atoms with Crippen molar-refractivity contribution >= 4 is 49.4 Å². The van der Waals surface area contributed by atoms with E-state index in [-0.39, 0.29) is 0 Å². The fourth-order valence-corrected chi connectivity index (χ4v) is 8.87. The summed E-state index contributed by atoms with van der Waals surface area (Å²) in [4.78, 5) is 6.15. The maximum absolute atomic E-state index is 10.1. The zero-order chi connectivity index (χ0) is 34.6. The lowest BCUT2D eigenvalue weighted by atomic mass is 9.90. The molecule has 4 heteroatoms. The van der Waals surface area contributed by atoms with E-state index < -0.39 is 0 Å². The minimum absolute atomic E-state index is 0.643. The molecule has 52 heavy (non-hydrogen) atoms. The Morgan fingerprint density at radius 1 is 0.462 bits per heavy atom. The molecule has 2 heterocycles. The third-order valence-corrected chi connectivity index (χ3v) is 11.5. The first kappa shape index (κ1) is 30.2. The molecule has 1 aliphatic heterocycles. The number of nitrogens with zero attached hydrogens (tertiary/aromatic N) is 2. The van der Waals surface area contributed by atoms with E-state index in [0.717, 1.165) is 60.6 Å². The Morgan fingerprint density at radius 3 is 1.69 bits per heavy atom. The van der Waals surface area contributed by atoms with Crippen LogP contribution in [0.15, 0.2) is 176 Å². The number of thiazole rings is 1. The highest BCUT2D eigenvalue weighted by Crippen LogP contribution is 2.41. The fourth-order valence-electron chi connectivity index (χ4n) is 7.81. The van der Waals surface area contributed by atoms with Crippen molar-refractivity contribution in [3.8, 4) is 61.1 Å². The highest BCUT2D eigenvalue weighted by Gasteiger charge is 2.32. The molecule has 0 atom stereocenters. The first-order valence-corrected chi connectivity index (χ1v) is 18.4. The summed E-state index contributed by atoms with van der Waals surface area (Å²) in [5.41, 5.74) is 15.7. The first-order valence-electron chi connectivity index (χ1n) is 17.5. The van der Waals surface area contributed by atoms with Crippen molar-refractivity contribution in [2.45, 2.75) is 0 Å². The smallest absolute Gasteiger partial charge is 0.237 e. The van der Waals surface area contributed by atoms with Gasteiger partial charge in [0, 0.05) is 41.5 Å². The van der Waals surface area contributed by atoms with Crippen LogP contribution in [0, 0.1) is 11.3 Å². The average molecular weight is 682 g/mol. The molecule has 0 radical (unpaired) electrons. The van der Waals surface area contributed by atoms with E-state index in [2.05, 4.69) is 164 Å². The van der Waals surface area contributed by atoms with Crippen LogP contribution in [-0.4, -0.2) is 4.98 Å². The van der Waals surface area contributed by atoms with Gasteiger partial charge in [-0.1, -0.05) is 84.9 Å². The van der Waals surface area contributed by atoms with Crippen LogP contribution >= 0.6 is 11.3 Å². The van der Waals surface area contributed by atoms with E-state index in [1.807, 2.05) is 18.2 Å². The van der Waals surface area contributed by atoms with Crippen LogP contribution < -0.4 is 4.90 Å². The van der Waals surface area contributed by atoms with Crippen LogP contribution in [-0.2, 0) is 0 Å². The lowest BCUT2D eigenvalue weighted by molar-refractivity contribution is -0.677. The molecule has 0 unspecified atom stereocenters. The number of nitriles is 1. The second kappa shape index (κ2) is 12.3. The Hall–Kier alpha value is -6.64. The molecule has 0 aliphatic carbocycles. The van der Waals surface area contributed by atoms with E-state index >= 15 is 0 Å². The van der Waals surface area contributed by atoms with Crippen molar-refractivity contribution < 1.29 is 4.90 Å². The van der Waals surface area contributed by atoms with Gasteiger partial charge in [0.2, 0.25) is 0 Å². The molecular formula is C48H31N3S+2. The molecule has 0 bridgehead atoms. The number of rotatable bonds is 5. The summed E-state index contributed by atoms with van der Waals surface area (Å²) in [6, 6.07) is 64.9.